The van der Waals surface area contributed by atoms with Gasteiger partial charge in [-0.2, -0.15) is 0 Å². The lowest BCUT2D eigenvalue weighted by Gasteiger charge is -2.27. The third-order valence-corrected chi connectivity index (χ3v) is 5.87. The molecule has 5 heteroatoms. The van der Waals surface area contributed by atoms with E-state index in [2.05, 4.69) is 40.5 Å². The van der Waals surface area contributed by atoms with Gasteiger partial charge >= 0.3 is 0 Å². The molecule has 1 heterocycles. The molecule has 4 rings (SSSR count). The maximum absolute atomic E-state index is 6.23. The molecule has 0 saturated carbocycles. The van der Waals surface area contributed by atoms with Gasteiger partial charge in [-0.1, -0.05) is 18.2 Å². The van der Waals surface area contributed by atoms with Gasteiger partial charge in [-0.3, -0.25) is 9.89 Å². The number of ether oxygens (including phenoxy) is 1. The van der Waals surface area contributed by atoms with Crippen LogP contribution in [0.15, 0.2) is 47.5 Å². The van der Waals surface area contributed by atoms with Crippen molar-refractivity contribution in [1.29, 1.82) is 0 Å². The molecule has 0 radical (unpaired) electrons. The second kappa shape index (κ2) is 8.65. The summed E-state index contributed by atoms with van der Waals surface area (Å²) < 4.78 is 5.42. The second-order valence-corrected chi connectivity index (χ2v) is 7.72. The Morgan fingerprint density at radius 2 is 1.93 bits per heavy atom. The molecule has 2 aliphatic rings. The molecule has 0 spiro atoms. The van der Waals surface area contributed by atoms with Crippen molar-refractivity contribution in [2.75, 3.05) is 32.1 Å². The molecule has 1 unspecified atom stereocenters. The average molecular weight is 379 g/mol. The third-order valence-electron chi connectivity index (χ3n) is 5.87. The van der Waals surface area contributed by atoms with E-state index in [-0.39, 0.29) is 6.04 Å². The van der Waals surface area contributed by atoms with Gasteiger partial charge in [-0.15, -0.1) is 0 Å². The first kappa shape index (κ1) is 18.8. The predicted octanol–water partition coefficient (Wildman–Crippen LogP) is 3.75. The van der Waals surface area contributed by atoms with Crippen molar-refractivity contribution in [2.24, 2.45) is 10.7 Å². The van der Waals surface area contributed by atoms with Gasteiger partial charge in [0.25, 0.3) is 0 Å². The van der Waals surface area contributed by atoms with E-state index in [4.69, 9.17) is 15.5 Å². The standard InChI is InChI=1S/C23H30N4O/c1-28-21-9-5-8-19(15-21)22(27-12-2-3-13-27)16-25-23(24)26-20-11-10-17-6-4-7-18(17)14-20/h5,8-11,14-15,22H,2-4,6-7,12-13,16H2,1H3,(H3,24,25,26). The lowest BCUT2D eigenvalue weighted by molar-refractivity contribution is 0.251. The summed E-state index contributed by atoms with van der Waals surface area (Å²) in [5, 5.41) is 3.28. The number of rotatable bonds is 6. The van der Waals surface area contributed by atoms with Crippen LogP contribution in [0.1, 0.15) is 42.0 Å². The number of hydrogen-bond acceptors (Lipinski definition) is 3. The largest absolute Gasteiger partial charge is 0.497 e. The number of guanidine groups is 1. The molecule has 3 N–H and O–H groups in total. The van der Waals surface area contributed by atoms with Gasteiger partial charge in [0.15, 0.2) is 5.96 Å². The van der Waals surface area contributed by atoms with E-state index in [1.54, 1.807) is 7.11 Å². The summed E-state index contributed by atoms with van der Waals surface area (Å²) in [5.74, 6) is 1.36. The zero-order chi connectivity index (χ0) is 19.3. The first-order chi connectivity index (χ1) is 13.7. The Kier molecular flexibility index (Phi) is 5.81. The summed E-state index contributed by atoms with van der Waals surface area (Å²) in [4.78, 5) is 7.19. The van der Waals surface area contributed by atoms with Crippen molar-refractivity contribution in [3.8, 4) is 5.75 Å². The van der Waals surface area contributed by atoms with Gasteiger partial charge in [0, 0.05) is 5.69 Å². The first-order valence-electron chi connectivity index (χ1n) is 10.3. The molecule has 0 amide bonds. The molecule has 148 valence electrons. The Balaban J connectivity index is 1.48. The molecule has 28 heavy (non-hydrogen) atoms. The Morgan fingerprint density at radius 1 is 1.11 bits per heavy atom. The van der Waals surface area contributed by atoms with Crippen LogP contribution in [0.2, 0.25) is 0 Å². The molecular formula is C23H30N4O. The number of likely N-dealkylation sites (tertiary alicyclic amines) is 1. The number of nitrogens with zero attached hydrogens (tertiary/aromatic N) is 2. The number of aryl methyl sites for hydroxylation is 2. The highest BCUT2D eigenvalue weighted by Gasteiger charge is 2.23. The minimum Gasteiger partial charge on any atom is -0.497 e. The highest BCUT2D eigenvalue weighted by atomic mass is 16.5. The Morgan fingerprint density at radius 3 is 2.75 bits per heavy atom. The molecular weight excluding hydrogens is 348 g/mol. The third kappa shape index (κ3) is 4.30. The van der Waals surface area contributed by atoms with Crippen LogP contribution in [0.4, 0.5) is 5.69 Å². The number of anilines is 1. The first-order valence-corrected chi connectivity index (χ1v) is 10.3. The Hall–Kier alpha value is -2.53. The highest BCUT2D eigenvalue weighted by molar-refractivity contribution is 5.92. The van der Waals surface area contributed by atoms with E-state index in [1.807, 2.05) is 12.1 Å². The smallest absolute Gasteiger partial charge is 0.193 e. The molecule has 1 fully saturated rings. The molecule has 5 nitrogen and oxygen atoms in total. The summed E-state index contributed by atoms with van der Waals surface area (Å²) in [6, 6.07) is 15.1. The number of aliphatic imine (C=N–C) groups is 1. The van der Waals surface area contributed by atoms with Crippen LogP contribution in [-0.4, -0.2) is 37.6 Å². The SMILES string of the molecule is COc1cccc(C(CN=C(N)Nc2ccc3c(c2)CCC3)N2CCCC2)c1. The normalized spacial score (nSPS) is 18.1. The second-order valence-electron chi connectivity index (χ2n) is 7.72. The van der Waals surface area contributed by atoms with E-state index >= 15 is 0 Å². The molecule has 1 saturated heterocycles. The monoisotopic (exact) mass is 378 g/mol. The van der Waals surface area contributed by atoms with Crippen LogP contribution in [0.3, 0.4) is 0 Å². The molecule has 0 aromatic heterocycles. The van der Waals surface area contributed by atoms with E-state index in [0.29, 0.717) is 12.5 Å². The van der Waals surface area contributed by atoms with Gasteiger partial charge < -0.3 is 15.8 Å². The summed E-state index contributed by atoms with van der Waals surface area (Å²) in [5.41, 5.74) is 11.4. The predicted molar refractivity (Wildman–Crippen MR) is 115 cm³/mol. The van der Waals surface area contributed by atoms with Gasteiger partial charge in [-0.05, 0) is 86.1 Å². The Labute approximate surface area is 167 Å². The summed E-state index contributed by atoms with van der Waals surface area (Å²) in [6.07, 6.45) is 6.09. The number of hydrogen-bond donors (Lipinski definition) is 2. The van der Waals surface area contributed by atoms with Crippen LogP contribution in [0.5, 0.6) is 5.75 Å². The van der Waals surface area contributed by atoms with Crippen LogP contribution >= 0.6 is 0 Å². The lowest BCUT2D eigenvalue weighted by atomic mass is 10.1. The van der Waals surface area contributed by atoms with Crippen molar-refractivity contribution in [3.05, 3.63) is 59.2 Å². The van der Waals surface area contributed by atoms with Crippen LogP contribution < -0.4 is 15.8 Å². The number of benzene rings is 2. The topological polar surface area (TPSA) is 62.9 Å². The maximum atomic E-state index is 6.23. The Bertz CT molecular complexity index is 842. The molecule has 1 aliphatic carbocycles. The molecule has 1 atom stereocenters. The van der Waals surface area contributed by atoms with Gasteiger partial charge in [0.05, 0.1) is 19.7 Å². The van der Waals surface area contributed by atoms with Crippen LogP contribution in [-0.2, 0) is 12.8 Å². The number of methoxy groups -OCH3 is 1. The zero-order valence-electron chi connectivity index (χ0n) is 16.7. The number of nitrogens with one attached hydrogen (secondary N) is 1. The minimum atomic E-state index is 0.220. The summed E-state index contributed by atoms with van der Waals surface area (Å²) in [7, 11) is 1.71. The van der Waals surface area contributed by atoms with Crippen LogP contribution in [0.25, 0.3) is 0 Å². The van der Waals surface area contributed by atoms with Crippen molar-refractivity contribution in [2.45, 2.75) is 38.1 Å². The fourth-order valence-corrected chi connectivity index (χ4v) is 4.36. The van der Waals surface area contributed by atoms with E-state index < -0.39 is 0 Å². The summed E-state index contributed by atoms with van der Waals surface area (Å²) >= 11 is 0. The minimum absolute atomic E-state index is 0.220. The van der Waals surface area contributed by atoms with Crippen molar-refractivity contribution >= 4 is 11.6 Å². The van der Waals surface area contributed by atoms with E-state index in [0.717, 1.165) is 30.9 Å². The number of fused-ring (bicyclic) bond motifs is 1. The zero-order valence-corrected chi connectivity index (χ0v) is 16.7. The quantitative estimate of drug-likeness (QED) is 0.594. The fraction of sp³-hybridized carbons (Fsp3) is 0.435. The van der Waals surface area contributed by atoms with Gasteiger partial charge in [0.1, 0.15) is 5.75 Å². The lowest BCUT2D eigenvalue weighted by Crippen LogP contribution is -2.30. The van der Waals surface area contributed by atoms with Gasteiger partial charge in [0.2, 0.25) is 0 Å². The highest BCUT2D eigenvalue weighted by Crippen LogP contribution is 2.28. The molecule has 2 aromatic carbocycles. The van der Waals surface area contributed by atoms with Crippen LogP contribution in [0, 0.1) is 0 Å². The van der Waals surface area contributed by atoms with Crippen molar-refractivity contribution in [1.82, 2.24) is 4.90 Å². The van der Waals surface area contributed by atoms with Crippen molar-refractivity contribution in [3.63, 3.8) is 0 Å². The molecule has 0 bridgehead atoms. The van der Waals surface area contributed by atoms with Gasteiger partial charge in [-0.25, -0.2) is 0 Å². The maximum Gasteiger partial charge on any atom is 0.193 e. The number of nitrogens with two attached hydrogens (primary N) is 1. The summed E-state index contributed by atoms with van der Waals surface area (Å²) in [6.45, 7) is 2.85. The average Bonchev–Trinajstić information content (AvgIpc) is 3.40. The molecule has 1 aliphatic heterocycles. The van der Waals surface area contributed by atoms with E-state index in [9.17, 15) is 0 Å². The van der Waals surface area contributed by atoms with Crippen molar-refractivity contribution < 1.29 is 4.74 Å². The van der Waals surface area contributed by atoms with E-state index in [1.165, 1.54) is 42.4 Å². The fourth-order valence-electron chi connectivity index (χ4n) is 4.36. The molecule has 2 aromatic rings.